The fraction of sp³-hybridized carbons (Fsp3) is 1.00. The van der Waals surface area contributed by atoms with Crippen LogP contribution in [0.5, 0.6) is 0 Å². The Morgan fingerprint density at radius 3 is 2.40 bits per heavy atom. The topological polar surface area (TPSA) is 82.1 Å². The lowest BCUT2D eigenvalue weighted by Crippen LogP contribution is -2.05. The van der Waals surface area contributed by atoms with E-state index in [9.17, 15) is 8.42 Å². The van der Waals surface area contributed by atoms with Crippen LogP contribution < -0.4 is 0 Å². The maximum Gasteiger partial charge on any atom is 0.332 e. The normalized spacial score (nSPS) is 14.1. The first kappa shape index (κ1) is 15.2. The summed E-state index contributed by atoms with van der Waals surface area (Å²) < 4.78 is 44.3. The minimum atomic E-state index is -3.85. The second kappa shape index (κ2) is 8.38. The van der Waals surface area contributed by atoms with Gasteiger partial charge in [0.1, 0.15) is 0 Å². The van der Waals surface area contributed by atoms with Crippen LogP contribution >= 0.6 is 8.60 Å². The van der Waals surface area contributed by atoms with Crippen molar-refractivity contribution < 1.29 is 26.5 Å². The Morgan fingerprint density at radius 2 is 1.93 bits per heavy atom. The molecule has 0 aromatic rings. The largest absolute Gasteiger partial charge is 0.332 e. The highest BCUT2D eigenvalue weighted by Gasteiger charge is 2.09. The fourth-order valence-corrected chi connectivity index (χ4v) is 2.12. The van der Waals surface area contributed by atoms with Crippen LogP contribution in [0, 0.1) is 0 Å². The Bertz CT molecular complexity index is 242. The predicted octanol–water partition coefficient (Wildman–Crippen LogP) is 1.58. The molecule has 0 aromatic carbocycles. The summed E-state index contributed by atoms with van der Waals surface area (Å²) in [5.41, 5.74) is 0. The molecule has 1 atom stereocenters. The summed E-state index contributed by atoms with van der Waals surface area (Å²) in [5.74, 6) is -0.240. The van der Waals surface area contributed by atoms with Gasteiger partial charge in [0.15, 0.2) is 0 Å². The highest BCUT2D eigenvalue weighted by Crippen LogP contribution is 2.38. The lowest BCUT2D eigenvalue weighted by Gasteiger charge is -2.12. The van der Waals surface area contributed by atoms with E-state index in [4.69, 9.17) is 18.1 Å². The molecule has 0 spiro atoms. The van der Waals surface area contributed by atoms with E-state index in [0.29, 0.717) is 26.1 Å². The molecular formula is C7H17O6PS. The molecule has 0 aromatic heterocycles. The lowest BCUT2D eigenvalue weighted by molar-refractivity contribution is 0.185. The van der Waals surface area contributed by atoms with Crippen molar-refractivity contribution in [2.45, 2.75) is 19.8 Å². The minimum absolute atomic E-state index is 0.240. The van der Waals surface area contributed by atoms with Gasteiger partial charge in [-0.1, -0.05) is 0 Å². The van der Waals surface area contributed by atoms with Gasteiger partial charge in [0.2, 0.25) is 0 Å². The SMILES string of the molecule is CCOP(OC)OCCCCS(=O)(=O)O. The Balaban J connectivity index is 3.44. The first-order valence-electron chi connectivity index (χ1n) is 4.55. The third-order valence-corrected chi connectivity index (χ3v) is 3.34. The molecule has 0 bridgehead atoms. The zero-order valence-corrected chi connectivity index (χ0v) is 10.6. The van der Waals surface area contributed by atoms with Gasteiger partial charge < -0.3 is 13.6 Å². The molecule has 15 heavy (non-hydrogen) atoms. The van der Waals surface area contributed by atoms with Crippen molar-refractivity contribution in [3.05, 3.63) is 0 Å². The van der Waals surface area contributed by atoms with Gasteiger partial charge in [-0.15, -0.1) is 0 Å². The van der Waals surface area contributed by atoms with Crippen LogP contribution in [0.4, 0.5) is 0 Å². The summed E-state index contributed by atoms with van der Waals surface area (Å²) in [4.78, 5) is 0. The minimum Gasteiger partial charge on any atom is -0.316 e. The Kier molecular flexibility index (Phi) is 8.50. The van der Waals surface area contributed by atoms with Crippen molar-refractivity contribution in [2.75, 3.05) is 26.1 Å². The molecule has 0 saturated carbocycles. The third kappa shape index (κ3) is 10.5. The van der Waals surface area contributed by atoms with Crippen LogP contribution in [0.25, 0.3) is 0 Å². The average molecular weight is 260 g/mol. The molecule has 0 rings (SSSR count). The van der Waals surface area contributed by atoms with E-state index < -0.39 is 18.7 Å². The molecule has 0 amide bonds. The Morgan fingerprint density at radius 1 is 1.27 bits per heavy atom. The summed E-state index contributed by atoms with van der Waals surface area (Å²) in [6.45, 7) is 2.69. The fourth-order valence-electron chi connectivity index (χ4n) is 0.774. The second-order valence-electron chi connectivity index (χ2n) is 2.65. The number of rotatable bonds is 9. The van der Waals surface area contributed by atoms with Crippen LogP contribution in [0.1, 0.15) is 19.8 Å². The first-order chi connectivity index (χ1) is 6.99. The maximum atomic E-state index is 10.4. The second-order valence-corrected chi connectivity index (χ2v) is 5.55. The number of hydrogen-bond donors (Lipinski definition) is 1. The lowest BCUT2D eigenvalue weighted by atomic mass is 10.4. The van der Waals surface area contributed by atoms with Gasteiger partial charge in [-0.2, -0.15) is 8.42 Å². The maximum absolute atomic E-state index is 10.4. The third-order valence-electron chi connectivity index (χ3n) is 1.38. The van der Waals surface area contributed by atoms with Crippen molar-refractivity contribution in [1.29, 1.82) is 0 Å². The van der Waals surface area contributed by atoms with E-state index in [2.05, 4.69) is 0 Å². The van der Waals surface area contributed by atoms with Crippen molar-refractivity contribution in [2.24, 2.45) is 0 Å². The molecule has 0 fully saturated rings. The standard InChI is InChI=1S/C7H17O6PS/c1-3-12-14(11-2)13-6-4-5-7-15(8,9)10/h3-7H2,1-2H3,(H,8,9,10). The van der Waals surface area contributed by atoms with E-state index in [1.54, 1.807) is 0 Å². The highest BCUT2D eigenvalue weighted by atomic mass is 32.2. The number of hydrogen-bond acceptors (Lipinski definition) is 5. The first-order valence-corrected chi connectivity index (χ1v) is 7.25. The van der Waals surface area contributed by atoms with Crippen molar-refractivity contribution in [3.63, 3.8) is 0 Å². The monoisotopic (exact) mass is 260 g/mol. The molecule has 0 saturated heterocycles. The Labute approximate surface area is 91.7 Å². The zero-order chi connectivity index (χ0) is 11.7. The van der Waals surface area contributed by atoms with Crippen molar-refractivity contribution in [1.82, 2.24) is 0 Å². The van der Waals surface area contributed by atoms with Crippen molar-refractivity contribution in [3.8, 4) is 0 Å². The molecule has 1 N–H and O–H groups in total. The Hall–Kier alpha value is 0.220. The van der Waals surface area contributed by atoms with Crippen LogP contribution in [-0.4, -0.2) is 39.0 Å². The molecule has 0 aliphatic rings. The summed E-state index contributed by atoms with van der Waals surface area (Å²) in [6.07, 6.45) is 0.896. The van der Waals surface area contributed by atoms with Gasteiger partial charge in [-0.25, -0.2) is 0 Å². The summed E-state index contributed by atoms with van der Waals surface area (Å²) >= 11 is 0. The molecule has 6 nitrogen and oxygen atoms in total. The molecular weight excluding hydrogens is 243 g/mol. The van der Waals surface area contributed by atoms with Gasteiger partial charge in [0, 0.05) is 7.11 Å². The van der Waals surface area contributed by atoms with Crippen LogP contribution in [0.2, 0.25) is 0 Å². The van der Waals surface area contributed by atoms with E-state index in [-0.39, 0.29) is 5.75 Å². The average Bonchev–Trinajstić information content (AvgIpc) is 2.14. The molecule has 0 aliphatic carbocycles. The van der Waals surface area contributed by atoms with E-state index >= 15 is 0 Å². The summed E-state index contributed by atoms with van der Waals surface area (Å²) in [6, 6.07) is 0. The molecule has 0 aliphatic heterocycles. The van der Waals surface area contributed by atoms with Crippen LogP contribution in [0.3, 0.4) is 0 Å². The van der Waals surface area contributed by atoms with Gasteiger partial charge in [-0.3, -0.25) is 4.55 Å². The molecule has 8 heteroatoms. The van der Waals surface area contributed by atoms with Gasteiger partial charge >= 0.3 is 8.60 Å². The zero-order valence-electron chi connectivity index (χ0n) is 8.88. The summed E-state index contributed by atoms with van der Waals surface area (Å²) in [5, 5.41) is 0. The van der Waals surface area contributed by atoms with Gasteiger partial charge in [0.25, 0.3) is 10.1 Å². The molecule has 0 radical (unpaired) electrons. The number of unbranched alkanes of at least 4 members (excludes halogenated alkanes) is 1. The smallest absolute Gasteiger partial charge is 0.316 e. The van der Waals surface area contributed by atoms with E-state index in [1.807, 2.05) is 6.92 Å². The predicted molar refractivity (Wildman–Crippen MR) is 57.2 cm³/mol. The van der Waals surface area contributed by atoms with Crippen LogP contribution in [0.15, 0.2) is 0 Å². The summed E-state index contributed by atoms with van der Waals surface area (Å²) in [7, 11) is -3.68. The van der Waals surface area contributed by atoms with E-state index in [0.717, 1.165) is 0 Å². The van der Waals surface area contributed by atoms with Gasteiger partial charge in [0.05, 0.1) is 19.0 Å². The molecule has 92 valence electrons. The van der Waals surface area contributed by atoms with E-state index in [1.165, 1.54) is 7.11 Å². The van der Waals surface area contributed by atoms with Crippen LogP contribution in [-0.2, 0) is 23.7 Å². The quantitative estimate of drug-likeness (QED) is 0.385. The highest BCUT2D eigenvalue weighted by molar-refractivity contribution is 7.85. The molecule has 1 unspecified atom stereocenters. The van der Waals surface area contributed by atoms with Crippen molar-refractivity contribution >= 4 is 18.7 Å². The molecule has 0 heterocycles. The van der Waals surface area contributed by atoms with Gasteiger partial charge in [-0.05, 0) is 19.8 Å².